The van der Waals surface area contributed by atoms with Gasteiger partial charge in [0.25, 0.3) is 0 Å². The van der Waals surface area contributed by atoms with Gasteiger partial charge in [-0.15, -0.1) is 0 Å². The molecule has 5 rings (SSSR count). The highest BCUT2D eigenvalue weighted by atomic mass is 16.4. The number of piperazine rings is 1. The molecule has 0 spiro atoms. The predicted octanol–water partition coefficient (Wildman–Crippen LogP) is 3.79. The molecule has 1 aliphatic rings. The summed E-state index contributed by atoms with van der Waals surface area (Å²) in [6.07, 6.45) is 2.77. The molecule has 1 saturated heterocycles. The Kier molecular flexibility index (Phi) is 5.96. The molecule has 0 bridgehead atoms. The standard InChI is InChI=1S/C27H29N3O4/c1-17-19(3)33-24-16-25-22(14-21(17)24)18(2)23(27(32)34-25)15-26(31)30-12-10-29(11-13-30)9-7-20-6-4-5-8-28-20/h4-6,8,14,16H,7,9-13,15H2,1-3H3. The maximum atomic E-state index is 13.1. The summed E-state index contributed by atoms with van der Waals surface area (Å²) >= 11 is 0. The molecule has 1 aliphatic heterocycles. The minimum Gasteiger partial charge on any atom is -0.461 e. The lowest BCUT2D eigenvalue weighted by atomic mass is 10.0. The van der Waals surface area contributed by atoms with Crippen molar-refractivity contribution in [3.8, 4) is 0 Å². The van der Waals surface area contributed by atoms with E-state index in [0.29, 0.717) is 29.8 Å². The monoisotopic (exact) mass is 459 g/mol. The topological polar surface area (TPSA) is 79.8 Å². The van der Waals surface area contributed by atoms with Crippen LogP contribution in [-0.2, 0) is 17.6 Å². The first kappa shape index (κ1) is 22.3. The lowest BCUT2D eigenvalue weighted by molar-refractivity contribution is -0.132. The summed E-state index contributed by atoms with van der Waals surface area (Å²) < 4.78 is 11.4. The van der Waals surface area contributed by atoms with Gasteiger partial charge >= 0.3 is 5.63 Å². The Bertz CT molecular complexity index is 1410. The summed E-state index contributed by atoms with van der Waals surface area (Å²) in [6.45, 7) is 9.72. The van der Waals surface area contributed by atoms with E-state index in [2.05, 4.69) is 9.88 Å². The number of hydrogen-bond donors (Lipinski definition) is 0. The van der Waals surface area contributed by atoms with E-state index in [1.165, 1.54) is 0 Å². The van der Waals surface area contributed by atoms with Crippen LogP contribution in [-0.4, -0.2) is 53.4 Å². The molecule has 0 N–H and O–H groups in total. The van der Waals surface area contributed by atoms with E-state index in [9.17, 15) is 9.59 Å². The molecule has 1 amide bonds. The molecule has 0 saturated carbocycles. The van der Waals surface area contributed by atoms with Crippen molar-refractivity contribution in [3.63, 3.8) is 0 Å². The van der Waals surface area contributed by atoms with Crippen LogP contribution in [0.1, 0.15) is 28.1 Å². The first-order valence-corrected chi connectivity index (χ1v) is 11.8. The Morgan fingerprint density at radius 2 is 1.71 bits per heavy atom. The zero-order valence-corrected chi connectivity index (χ0v) is 19.9. The van der Waals surface area contributed by atoms with Crippen molar-refractivity contribution in [3.05, 3.63) is 75.1 Å². The van der Waals surface area contributed by atoms with Gasteiger partial charge in [-0.3, -0.25) is 14.7 Å². The number of benzene rings is 1. The maximum absolute atomic E-state index is 13.1. The molecule has 1 fully saturated rings. The van der Waals surface area contributed by atoms with Gasteiger partial charge in [-0.2, -0.15) is 0 Å². The van der Waals surface area contributed by atoms with Crippen LogP contribution >= 0.6 is 0 Å². The van der Waals surface area contributed by atoms with Crippen LogP contribution in [0.25, 0.3) is 21.9 Å². The Labute approximate surface area is 198 Å². The SMILES string of the molecule is Cc1oc2cc3oc(=O)c(CC(=O)N4CCN(CCc5ccccn5)CC4)c(C)c3cc2c1C. The molecule has 7 nitrogen and oxygen atoms in total. The second kappa shape index (κ2) is 9.06. The molecule has 0 atom stereocenters. The van der Waals surface area contributed by atoms with E-state index < -0.39 is 5.63 Å². The number of aryl methyl sites for hydroxylation is 3. The highest BCUT2D eigenvalue weighted by Gasteiger charge is 2.24. The average molecular weight is 460 g/mol. The van der Waals surface area contributed by atoms with E-state index in [1.54, 1.807) is 6.07 Å². The van der Waals surface area contributed by atoms with Gasteiger partial charge in [0.2, 0.25) is 5.91 Å². The Morgan fingerprint density at radius 3 is 2.44 bits per heavy atom. The number of fused-ring (bicyclic) bond motifs is 2. The fourth-order valence-corrected chi connectivity index (χ4v) is 4.73. The van der Waals surface area contributed by atoms with Crippen molar-refractivity contribution in [2.45, 2.75) is 33.6 Å². The van der Waals surface area contributed by atoms with Crippen molar-refractivity contribution in [2.75, 3.05) is 32.7 Å². The van der Waals surface area contributed by atoms with E-state index in [-0.39, 0.29) is 12.3 Å². The van der Waals surface area contributed by atoms with Gasteiger partial charge in [0.1, 0.15) is 16.9 Å². The van der Waals surface area contributed by atoms with Gasteiger partial charge in [0.15, 0.2) is 0 Å². The van der Waals surface area contributed by atoms with Crippen LogP contribution in [0.3, 0.4) is 0 Å². The van der Waals surface area contributed by atoms with Gasteiger partial charge in [-0.05, 0) is 50.1 Å². The Hall–Kier alpha value is -3.45. The number of pyridine rings is 1. The fourth-order valence-electron chi connectivity index (χ4n) is 4.73. The lowest BCUT2D eigenvalue weighted by Gasteiger charge is -2.34. The van der Waals surface area contributed by atoms with Crippen molar-refractivity contribution >= 4 is 27.8 Å². The molecule has 1 aromatic carbocycles. The maximum Gasteiger partial charge on any atom is 0.340 e. The third-order valence-electron chi connectivity index (χ3n) is 7.05. The summed E-state index contributed by atoms with van der Waals surface area (Å²) in [5, 5.41) is 1.85. The smallest absolute Gasteiger partial charge is 0.340 e. The van der Waals surface area contributed by atoms with Crippen LogP contribution < -0.4 is 5.63 Å². The van der Waals surface area contributed by atoms with Crippen LogP contribution in [0.2, 0.25) is 0 Å². The Balaban J connectivity index is 1.28. The predicted molar refractivity (Wildman–Crippen MR) is 131 cm³/mol. The van der Waals surface area contributed by atoms with Gasteiger partial charge in [-0.25, -0.2) is 4.79 Å². The third kappa shape index (κ3) is 4.23. The lowest BCUT2D eigenvalue weighted by Crippen LogP contribution is -2.49. The van der Waals surface area contributed by atoms with Crippen molar-refractivity contribution in [1.29, 1.82) is 0 Å². The Morgan fingerprint density at radius 1 is 0.971 bits per heavy atom. The number of nitrogens with zero attached hydrogens (tertiary/aromatic N) is 3. The van der Waals surface area contributed by atoms with Crippen LogP contribution in [0.5, 0.6) is 0 Å². The van der Waals surface area contributed by atoms with E-state index in [4.69, 9.17) is 8.83 Å². The molecular weight excluding hydrogens is 430 g/mol. The van der Waals surface area contributed by atoms with Crippen LogP contribution in [0.4, 0.5) is 0 Å². The molecule has 0 radical (unpaired) electrons. The number of amides is 1. The van der Waals surface area contributed by atoms with Crippen LogP contribution in [0.15, 0.2) is 50.2 Å². The zero-order valence-electron chi connectivity index (χ0n) is 19.9. The molecule has 0 aliphatic carbocycles. The first-order valence-electron chi connectivity index (χ1n) is 11.8. The molecule has 4 aromatic rings. The molecule has 0 unspecified atom stereocenters. The van der Waals surface area contributed by atoms with Crippen molar-refractivity contribution in [2.24, 2.45) is 0 Å². The minimum absolute atomic E-state index is 0.0319. The highest BCUT2D eigenvalue weighted by Crippen LogP contribution is 2.31. The van der Waals surface area contributed by atoms with Gasteiger partial charge in [0.05, 0.1) is 12.0 Å². The summed E-state index contributed by atoms with van der Waals surface area (Å²) in [4.78, 5) is 34.4. The first-order chi connectivity index (χ1) is 16.4. The van der Waals surface area contributed by atoms with Crippen molar-refractivity contribution < 1.29 is 13.6 Å². The van der Waals surface area contributed by atoms with E-state index in [0.717, 1.165) is 59.4 Å². The average Bonchev–Trinajstić information content (AvgIpc) is 3.12. The van der Waals surface area contributed by atoms with Gasteiger partial charge < -0.3 is 13.7 Å². The summed E-state index contributed by atoms with van der Waals surface area (Å²) in [5.41, 5.74) is 4.13. The molecule has 3 aromatic heterocycles. The number of carbonyl (C=O) groups excluding carboxylic acids is 1. The van der Waals surface area contributed by atoms with Crippen molar-refractivity contribution in [1.82, 2.24) is 14.8 Å². The number of aromatic nitrogens is 1. The van der Waals surface area contributed by atoms with Crippen LogP contribution in [0, 0.1) is 20.8 Å². The normalized spacial score (nSPS) is 14.9. The molecule has 4 heterocycles. The quantitative estimate of drug-likeness (QED) is 0.423. The number of furan rings is 1. The van der Waals surface area contributed by atoms with E-state index in [1.807, 2.05) is 56.1 Å². The van der Waals surface area contributed by atoms with Gasteiger partial charge in [0, 0.05) is 67.9 Å². The second-order valence-electron chi connectivity index (χ2n) is 9.09. The summed E-state index contributed by atoms with van der Waals surface area (Å²) in [6, 6.07) is 9.74. The second-order valence-corrected chi connectivity index (χ2v) is 9.09. The molecule has 34 heavy (non-hydrogen) atoms. The highest BCUT2D eigenvalue weighted by molar-refractivity contribution is 5.97. The fraction of sp³-hybridized carbons (Fsp3) is 0.370. The van der Waals surface area contributed by atoms with E-state index >= 15 is 0 Å². The number of carbonyl (C=O) groups is 1. The molecule has 176 valence electrons. The molecular formula is C27H29N3O4. The zero-order chi connectivity index (χ0) is 23.8. The number of rotatable bonds is 5. The molecule has 7 heteroatoms. The minimum atomic E-state index is -0.452. The summed E-state index contributed by atoms with van der Waals surface area (Å²) in [7, 11) is 0. The van der Waals surface area contributed by atoms with Gasteiger partial charge in [-0.1, -0.05) is 6.07 Å². The number of hydrogen-bond acceptors (Lipinski definition) is 6. The largest absolute Gasteiger partial charge is 0.461 e. The summed E-state index contributed by atoms with van der Waals surface area (Å²) in [5.74, 6) is 0.815. The third-order valence-corrected chi connectivity index (χ3v) is 7.05.